The number of carbonyl (C=O) groups is 1. The summed E-state index contributed by atoms with van der Waals surface area (Å²) in [6.07, 6.45) is -2.86. The molecule has 1 atom stereocenters. The SMILES string of the molecule is Cc1c(OCCC(C)C)c(Cl)cc2c1OC(C(=O)O)(C(F)(F)F)C=C2. The van der Waals surface area contributed by atoms with Crippen LogP contribution in [0.3, 0.4) is 0 Å². The number of carboxylic acids is 1. The monoisotopic (exact) mass is 378 g/mol. The van der Waals surface area contributed by atoms with Gasteiger partial charge in [-0.2, -0.15) is 13.2 Å². The van der Waals surface area contributed by atoms with E-state index in [0.717, 1.165) is 12.5 Å². The van der Waals surface area contributed by atoms with Gasteiger partial charge in [0, 0.05) is 11.1 Å². The minimum absolute atomic E-state index is 0.192. The molecule has 0 radical (unpaired) electrons. The molecule has 0 saturated heterocycles. The number of hydrogen-bond donors (Lipinski definition) is 1. The van der Waals surface area contributed by atoms with Crippen molar-refractivity contribution in [1.29, 1.82) is 0 Å². The Labute approximate surface area is 148 Å². The number of hydrogen-bond acceptors (Lipinski definition) is 3. The van der Waals surface area contributed by atoms with Crippen molar-refractivity contribution < 1.29 is 32.5 Å². The highest BCUT2D eigenvalue weighted by atomic mass is 35.5. The van der Waals surface area contributed by atoms with Crippen molar-refractivity contribution >= 4 is 23.6 Å². The van der Waals surface area contributed by atoms with Crippen LogP contribution < -0.4 is 9.47 Å². The first-order chi connectivity index (χ1) is 11.5. The minimum Gasteiger partial charge on any atom is -0.492 e. The average Bonchev–Trinajstić information content (AvgIpc) is 2.48. The molecular formula is C17H18ClF3O4. The molecule has 1 aromatic rings. The molecule has 0 fully saturated rings. The summed E-state index contributed by atoms with van der Waals surface area (Å²) in [5.74, 6) is -1.77. The lowest BCUT2D eigenvalue weighted by Gasteiger charge is -2.33. The smallest absolute Gasteiger partial charge is 0.443 e. The number of alkyl halides is 3. The molecule has 1 aliphatic heterocycles. The predicted octanol–water partition coefficient (Wildman–Crippen LogP) is 4.86. The Morgan fingerprint density at radius 2 is 2.08 bits per heavy atom. The lowest BCUT2D eigenvalue weighted by atomic mass is 9.96. The second kappa shape index (κ2) is 6.78. The Balaban J connectivity index is 2.46. The van der Waals surface area contributed by atoms with Crippen LogP contribution in [0.15, 0.2) is 12.1 Å². The van der Waals surface area contributed by atoms with Gasteiger partial charge in [0.15, 0.2) is 0 Å². The van der Waals surface area contributed by atoms with Crippen LogP contribution in [0.4, 0.5) is 13.2 Å². The van der Waals surface area contributed by atoms with Crippen LogP contribution in [0.1, 0.15) is 31.4 Å². The van der Waals surface area contributed by atoms with Crippen LogP contribution in [0.2, 0.25) is 5.02 Å². The Kier molecular flexibility index (Phi) is 5.27. The third kappa shape index (κ3) is 3.56. The Bertz CT molecular complexity index is 713. The van der Waals surface area contributed by atoms with E-state index in [1.54, 1.807) is 0 Å². The fraction of sp³-hybridized carbons (Fsp3) is 0.471. The maximum Gasteiger partial charge on any atom is 0.443 e. The summed E-state index contributed by atoms with van der Waals surface area (Å²) in [5.41, 5.74) is -2.95. The minimum atomic E-state index is -5.13. The summed E-state index contributed by atoms with van der Waals surface area (Å²) in [4.78, 5) is 11.3. The Morgan fingerprint density at radius 3 is 2.60 bits per heavy atom. The maximum atomic E-state index is 13.3. The van der Waals surface area contributed by atoms with Gasteiger partial charge in [-0.1, -0.05) is 31.5 Å². The molecule has 4 nitrogen and oxygen atoms in total. The number of fused-ring (bicyclic) bond motifs is 1. The summed E-state index contributed by atoms with van der Waals surface area (Å²) < 4.78 is 50.5. The van der Waals surface area contributed by atoms with Gasteiger partial charge in [0.1, 0.15) is 11.5 Å². The van der Waals surface area contributed by atoms with Gasteiger partial charge in [0.2, 0.25) is 0 Å². The van der Waals surface area contributed by atoms with Crippen molar-refractivity contribution in [2.24, 2.45) is 5.92 Å². The summed E-state index contributed by atoms with van der Waals surface area (Å²) in [5, 5.41) is 9.34. The van der Waals surface area contributed by atoms with Gasteiger partial charge in [-0.3, -0.25) is 0 Å². The molecule has 8 heteroatoms. The molecule has 138 valence electrons. The fourth-order valence-electron chi connectivity index (χ4n) is 2.39. The van der Waals surface area contributed by atoms with Crippen LogP contribution in [0.5, 0.6) is 11.5 Å². The fourth-order valence-corrected chi connectivity index (χ4v) is 2.70. The highest BCUT2D eigenvalue weighted by Gasteiger charge is 2.63. The molecular weight excluding hydrogens is 361 g/mol. The molecule has 1 aliphatic rings. The molecule has 25 heavy (non-hydrogen) atoms. The molecule has 0 aromatic heterocycles. The van der Waals surface area contributed by atoms with Gasteiger partial charge >= 0.3 is 17.7 Å². The third-order valence-corrected chi connectivity index (χ3v) is 4.16. The Morgan fingerprint density at radius 1 is 1.44 bits per heavy atom. The molecule has 1 N–H and O–H groups in total. The maximum absolute atomic E-state index is 13.3. The van der Waals surface area contributed by atoms with Crippen molar-refractivity contribution in [3.05, 3.63) is 28.3 Å². The largest absolute Gasteiger partial charge is 0.492 e. The van der Waals surface area contributed by atoms with E-state index in [-0.39, 0.29) is 27.6 Å². The van der Waals surface area contributed by atoms with E-state index in [4.69, 9.17) is 26.2 Å². The number of benzene rings is 1. The molecule has 0 amide bonds. The van der Waals surface area contributed by atoms with Crippen molar-refractivity contribution in [3.63, 3.8) is 0 Å². The number of ether oxygens (including phenoxy) is 2. The summed E-state index contributed by atoms with van der Waals surface area (Å²) in [6.45, 7) is 5.82. The predicted molar refractivity (Wildman–Crippen MR) is 87.2 cm³/mol. The quantitative estimate of drug-likeness (QED) is 0.794. The van der Waals surface area contributed by atoms with E-state index in [1.165, 1.54) is 13.0 Å². The van der Waals surface area contributed by atoms with Crippen molar-refractivity contribution in [2.75, 3.05) is 6.61 Å². The van der Waals surface area contributed by atoms with Crippen molar-refractivity contribution in [2.45, 2.75) is 39.0 Å². The molecule has 1 aromatic carbocycles. The molecule has 0 saturated carbocycles. The first-order valence-corrected chi connectivity index (χ1v) is 8.01. The first-order valence-electron chi connectivity index (χ1n) is 7.64. The standard InChI is InChI=1S/C17H18ClF3O4/c1-9(2)5-7-24-14-10(3)13-11(8-12(14)18)4-6-16(25-13,15(22)23)17(19,20)21/h4,6,8-9H,5,7H2,1-3H3,(H,22,23). The third-order valence-electron chi connectivity index (χ3n) is 3.88. The van der Waals surface area contributed by atoms with E-state index in [9.17, 15) is 18.0 Å². The van der Waals surface area contributed by atoms with Gasteiger partial charge in [-0.15, -0.1) is 0 Å². The van der Waals surface area contributed by atoms with Gasteiger partial charge in [-0.25, -0.2) is 4.79 Å². The highest BCUT2D eigenvalue weighted by molar-refractivity contribution is 6.32. The zero-order chi connectivity index (χ0) is 19.0. The zero-order valence-electron chi connectivity index (χ0n) is 13.9. The van der Waals surface area contributed by atoms with E-state index in [2.05, 4.69) is 0 Å². The lowest BCUT2D eigenvalue weighted by Crippen LogP contribution is -2.56. The number of rotatable bonds is 5. The topological polar surface area (TPSA) is 55.8 Å². The molecule has 1 heterocycles. The van der Waals surface area contributed by atoms with Gasteiger partial charge in [0.25, 0.3) is 0 Å². The summed E-state index contributed by atoms with van der Waals surface area (Å²) in [7, 11) is 0. The second-order valence-electron chi connectivity index (χ2n) is 6.24. The molecule has 0 bridgehead atoms. The zero-order valence-corrected chi connectivity index (χ0v) is 14.7. The highest BCUT2D eigenvalue weighted by Crippen LogP contribution is 2.46. The first kappa shape index (κ1) is 19.4. The molecule has 0 spiro atoms. The molecule has 1 unspecified atom stereocenters. The average molecular weight is 379 g/mol. The molecule has 2 rings (SSSR count). The lowest BCUT2D eigenvalue weighted by molar-refractivity contribution is -0.235. The number of aliphatic carboxylic acids is 1. The van der Waals surface area contributed by atoms with Crippen LogP contribution in [-0.4, -0.2) is 29.5 Å². The van der Waals surface area contributed by atoms with Crippen molar-refractivity contribution in [3.8, 4) is 11.5 Å². The van der Waals surface area contributed by atoms with Crippen LogP contribution >= 0.6 is 11.6 Å². The summed E-state index contributed by atoms with van der Waals surface area (Å²) in [6, 6.07) is 1.40. The summed E-state index contributed by atoms with van der Waals surface area (Å²) >= 11 is 6.15. The second-order valence-corrected chi connectivity index (χ2v) is 6.64. The van der Waals surface area contributed by atoms with Gasteiger partial charge < -0.3 is 14.6 Å². The molecule has 0 aliphatic carbocycles. The van der Waals surface area contributed by atoms with Crippen LogP contribution in [0.25, 0.3) is 6.08 Å². The van der Waals surface area contributed by atoms with Crippen LogP contribution in [-0.2, 0) is 4.79 Å². The Hall–Kier alpha value is -1.89. The van der Waals surface area contributed by atoms with E-state index < -0.39 is 17.7 Å². The number of halogens is 4. The number of carboxylic acid groups (broad SMARTS) is 1. The van der Waals surface area contributed by atoms with E-state index in [1.807, 2.05) is 13.8 Å². The van der Waals surface area contributed by atoms with Crippen molar-refractivity contribution in [1.82, 2.24) is 0 Å². The van der Waals surface area contributed by atoms with E-state index >= 15 is 0 Å². The van der Waals surface area contributed by atoms with Crippen LogP contribution in [0, 0.1) is 12.8 Å². The van der Waals surface area contributed by atoms with E-state index in [0.29, 0.717) is 18.6 Å². The normalized spacial score (nSPS) is 19.5. The van der Waals surface area contributed by atoms with Gasteiger partial charge in [0.05, 0.1) is 11.6 Å². The van der Waals surface area contributed by atoms with Gasteiger partial charge in [-0.05, 0) is 31.4 Å².